The summed E-state index contributed by atoms with van der Waals surface area (Å²) in [6.45, 7) is 7.24. The highest BCUT2D eigenvalue weighted by molar-refractivity contribution is 5.90. The summed E-state index contributed by atoms with van der Waals surface area (Å²) in [6, 6.07) is 7.42. The van der Waals surface area contributed by atoms with E-state index in [2.05, 4.69) is 16.0 Å². The zero-order chi connectivity index (χ0) is 29.1. The van der Waals surface area contributed by atoms with Gasteiger partial charge >= 0.3 is 0 Å². The van der Waals surface area contributed by atoms with E-state index in [-0.39, 0.29) is 17.9 Å². The molecular formula is C31H52N4O5. The van der Waals surface area contributed by atoms with Crippen LogP contribution in [0.2, 0.25) is 0 Å². The van der Waals surface area contributed by atoms with Crippen LogP contribution in [0.15, 0.2) is 30.3 Å². The molecule has 40 heavy (non-hydrogen) atoms. The third kappa shape index (κ3) is 9.24. The molecule has 9 nitrogen and oxygen atoms in total. The molecule has 226 valence electrons. The van der Waals surface area contributed by atoms with Crippen LogP contribution in [0.5, 0.6) is 0 Å². The molecule has 1 saturated heterocycles. The van der Waals surface area contributed by atoms with E-state index < -0.39 is 36.4 Å². The number of benzene rings is 1. The van der Waals surface area contributed by atoms with Gasteiger partial charge in [-0.2, -0.15) is 0 Å². The van der Waals surface area contributed by atoms with Gasteiger partial charge in [-0.1, -0.05) is 63.4 Å². The molecule has 5 N–H and O–H groups in total. The molecule has 2 fully saturated rings. The topological polar surface area (TPSA) is 123 Å². The van der Waals surface area contributed by atoms with E-state index in [1.165, 1.54) is 24.7 Å². The maximum absolute atomic E-state index is 13.7. The average molecular weight is 561 g/mol. The van der Waals surface area contributed by atoms with Crippen LogP contribution in [0.3, 0.4) is 0 Å². The molecule has 1 heterocycles. The van der Waals surface area contributed by atoms with E-state index >= 15 is 0 Å². The van der Waals surface area contributed by atoms with Crippen LogP contribution in [0.25, 0.3) is 0 Å². The zero-order valence-corrected chi connectivity index (χ0v) is 24.9. The summed E-state index contributed by atoms with van der Waals surface area (Å²) in [6.07, 6.45) is 5.79. The Hall–Kier alpha value is -2.04. The Morgan fingerprint density at radius 1 is 1.02 bits per heavy atom. The largest absolute Gasteiger partial charge is 0.391 e. The monoisotopic (exact) mass is 560 g/mol. The van der Waals surface area contributed by atoms with Crippen LogP contribution in [-0.2, 0) is 20.7 Å². The molecule has 9 heteroatoms. The second kappa shape index (κ2) is 16.4. The first-order valence-electron chi connectivity index (χ1n) is 15.3. The molecule has 0 bridgehead atoms. The summed E-state index contributed by atoms with van der Waals surface area (Å²) in [7, 11) is 1.57. The van der Waals surface area contributed by atoms with Gasteiger partial charge in [0.15, 0.2) is 0 Å². The summed E-state index contributed by atoms with van der Waals surface area (Å²) in [5.74, 6) is -0.232. The number of nitrogens with zero attached hydrogens (tertiary/aromatic N) is 1. The lowest BCUT2D eigenvalue weighted by atomic mass is 9.83. The predicted molar refractivity (Wildman–Crippen MR) is 157 cm³/mol. The molecule has 1 aromatic rings. The number of amides is 2. The minimum atomic E-state index is -1.11. The van der Waals surface area contributed by atoms with Gasteiger partial charge in [0, 0.05) is 13.6 Å². The number of aliphatic hydroxyl groups excluding tert-OH is 2. The van der Waals surface area contributed by atoms with E-state index in [0.717, 1.165) is 37.7 Å². The van der Waals surface area contributed by atoms with E-state index in [0.29, 0.717) is 32.0 Å². The van der Waals surface area contributed by atoms with Crippen molar-refractivity contribution in [3.8, 4) is 0 Å². The molecule has 1 aliphatic heterocycles. The second-order valence-electron chi connectivity index (χ2n) is 11.8. The van der Waals surface area contributed by atoms with Crippen molar-refractivity contribution in [2.75, 3.05) is 26.7 Å². The van der Waals surface area contributed by atoms with Crippen LogP contribution in [-0.4, -0.2) is 90.2 Å². The lowest BCUT2D eigenvalue weighted by Crippen LogP contribution is -2.61. The summed E-state index contributed by atoms with van der Waals surface area (Å²) in [4.78, 5) is 28.7. The quantitative estimate of drug-likeness (QED) is 0.374. The second-order valence-corrected chi connectivity index (χ2v) is 11.8. The SMILES string of the molecule is CCC(C)C1NCCOC2CCCCC2CCCNC(O)C(Cc2ccccc2)NC(=O)C(C(C)O)N(C)C1=O. The van der Waals surface area contributed by atoms with Gasteiger partial charge in [-0.25, -0.2) is 0 Å². The highest BCUT2D eigenvalue weighted by atomic mass is 16.5. The fourth-order valence-electron chi connectivity index (χ4n) is 6.12. The van der Waals surface area contributed by atoms with E-state index in [1.807, 2.05) is 44.2 Å². The van der Waals surface area contributed by atoms with Gasteiger partial charge in [-0.05, 0) is 63.0 Å². The third-order valence-electron chi connectivity index (χ3n) is 8.72. The predicted octanol–water partition coefficient (Wildman–Crippen LogP) is 2.20. The maximum Gasteiger partial charge on any atom is 0.245 e. The molecule has 0 spiro atoms. The van der Waals surface area contributed by atoms with E-state index in [9.17, 15) is 19.8 Å². The Labute approximate surface area is 240 Å². The van der Waals surface area contributed by atoms with Gasteiger partial charge in [0.2, 0.25) is 11.8 Å². The number of nitrogens with one attached hydrogen (secondary N) is 3. The van der Waals surface area contributed by atoms with Crippen molar-refractivity contribution in [3.05, 3.63) is 35.9 Å². The molecule has 1 aliphatic carbocycles. The molecule has 0 aromatic heterocycles. The first kappa shape index (κ1) is 32.5. The highest BCUT2D eigenvalue weighted by Gasteiger charge is 2.37. The highest BCUT2D eigenvalue weighted by Crippen LogP contribution is 2.30. The molecule has 8 atom stereocenters. The lowest BCUT2D eigenvalue weighted by molar-refractivity contribution is -0.146. The number of hydrogen-bond acceptors (Lipinski definition) is 7. The van der Waals surface area contributed by atoms with E-state index in [1.54, 1.807) is 7.05 Å². The summed E-state index contributed by atoms with van der Waals surface area (Å²) in [5.41, 5.74) is 0.969. The number of aliphatic hydroxyl groups is 2. The van der Waals surface area contributed by atoms with Crippen molar-refractivity contribution in [2.24, 2.45) is 11.8 Å². The lowest BCUT2D eigenvalue weighted by Gasteiger charge is -2.36. The van der Waals surface area contributed by atoms with Gasteiger partial charge in [0.25, 0.3) is 0 Å². The molecule has 8 unspecified atom stereocenters. The normalized spacial score (nSPS) is 31.8. The first-order valence-corrected chi connectivity index (χ1v) is 15.3. The Bertz CT molecular complexity index is 901. The van der Waals surface area contributed by atoms with Crippen LogP contribution in [0.1, 0.15) is 71.3 Å². The number of carbonyl (C=O) groups is 2. The molecule has 2 amide bonds. The number of fused-ring (bicyclic) bond motifs is 1. The first-order chi connectivity index (χ1) is 19.2. The van der Waals surface area contributed by atoms with Gasteiger partial charge in [-0.3, -0.25) is 14.9 Å². The van der Waals surface area contributed by atoms with Crippen LogP contribution in [0.4, 0.5) is 0 Å². The maximum atomic E-state index is 13.7. The van der Waals surface area contributed by atoms with Gasteiger partial charge in [-0.15, -0.1) is 0 Å². The Morgan fingerprint density at radius 3 is 2.42 bits per heavy atom. The smallest absolute Gasteiger partial charge is 0.245 e. The number of ether oxygens (including phenoxy) is 1. The summed E-state index contributed by atoms with van der Waals surface area (Å²) in [5, 5.41) is 31.4. The van der Waals surface area contributed by atoms with Crippen LogP contribution in [0, 0.1) is 11.8 Å². The Balaban J connectivity index is 1.86. The molecule has 1 aromatic carbocycles. The number of rotatable bonds is 5. The third-order valence-corrected chi connectivity index (χ3v) is 8.72. The number of hydrogen-bond donors (Lipinski definition) is 5. The molecule has 3 rings (SSSR count). The van der Waals surface area contributed by atoms with E-state index in [4.69, 9.17) is 4.74 Å². The minimum Gasteiger partial charge on any atom is -0.391 e. The summed E-state index contributed by atoms with van der Waals surface area (Å²) < 4.78 is 6.33. The van der Waals surface area contributed by atoms with Crippen LogP contribution < -0.4 is 16.0 Å². The minimum absolute atomic E-state index is 0.0255. The van der Waals surface area contributed by atoms with Crippen molar-refractivity contribution >= 4 is 11.8 Å². The summed E-state index contributed by atoms with van der Waals surface area (Å²) >= 11 is 0. The molecule has 1 saturated carbocycles. The van der Waals surface area contributed by atoms with Crippen molar-refractivity contribution in [1.29, 1.82) is 0 Å². The Kier molecular flexibility index (Phi) is 13.3. The fraction of sp³-hybridized carbons (Fsp3) is 0.742. The van der Waals surface area contributed by atoms with Crippen LogP contribution >= 0.6 is 0 Å². The van der Waals surface area contributed by atoms with Crippen molar-refractivity contribution in [1.82, 2.24) is 20.9 Å². The standard InChI is InChI=1S/C31H52N4O5/c1-5-21(2)27-31(39)35(4)28(22(3)36)30(38)34-25(20-23-12-7-6-8-13-23)29(37)33-17-11-15-24-14-9-10-16-26(24)40-19-18-32-27/h6-8,12-13,21-22,24-29,32-33,36-37H,5,9-11,14-20H2,1-4H3,(H,34,38). The van der Waals surface area contributed by atoms with Crippen molar-refractivity contribution in [2.45, 2.75) is 109 Å². The van der Waals surface area contributed by atoms with Crippen molar-refractivity contribution < 1.29 is 24.5 Å². The number of carbonyl (C=O) groups excluding carboxylic acids is 2. The molecule has 2 aliphatic rings. The van der Waals surface area contributed by atoms with Gasteiger partial charge < -0.3 is 30.5 Å². The average Bonchev–Trinajstić information content (AvgIpc) is 2.94. The van der Waals surface area contributed by atoms with Gasteiger partial charge in [0.1, 0.15) is 12.3 Å². The van der Waals surface area contributed by atoms with Crippen molar-refractivity contribution in [3.63, 3.8) is 0 Å². The molecule has 0 radical (unpaired) electrons. The molecular weight excluding hydrogens is 508 g/mol. The number of likely N-dealkylation sites (N-methyl/N-ethyl adjacent to an activating group) is 1. The van der Waals surface area contributed by atoms with Gasteiger partial charge in [0.05, 0.1) is 30.9 Å². The fourth-order valence-corrected chi connectivity index (χ4v) is 6.12. The zero-order valence-electron chi connectivity index (χ0n) is 24.9. The Morgan fingerprint density at radius 2 is 1.73 bits per heavy atom.